The van der Waals surface area contributed by atoms with Crippen molar-refractivity contribution < 1.29 is 14.3 Å². The van der Waals surface area contributed by atoms with Gasteiger partial charge in [0.05, 0.1) is 11.0 Å². The Hall–Kier alpha value is -3.14. The number of anilines is 1. The summed E-state index contributed by atoms with van der Waals surface area (Å²) in [5.41, 5.74) is 8.87. The van der Waals surface area contributed by atoms with E-state index in [-0.39, 0.29) is 24.8 Å². The number of hydrogen-bond donors (Lipinski definition) is 3. The van der Waals surface area contributed by atoms with E-state index < -0.39 is 12.1 Å². The van der Waals surface area contributed by atoms with E-state index in [0.29, 0.717) is 30.4 Å². The van der Waals surface area contributed by atoms with Crippen LogP contribution in [0.4, 0.5) is 10.5 Å². The number of carbonyl (C=O) groups excluding carboxylic acids is 2. The Morgan fingerprint density at radius 1 is 1.24 bits per heavy atom. The number of nitrogens with two attached hydrogens (primary N) is 1. The van der Waals surface area contributed by atoms with Gasteiger partial charge >= 0.3 is 6.03 Å². The third-order valence-electron chi connectivity index (χ3n) is 6.60. The van der Waals surface area contributed by atoms with Crippen LogP contribution in [0.5, 0.6) is 0 Å². The fourth-order valence-corrected chi connectivity index (χ4v) is 5.00. The van der Waals surface area contributed by atoms with Crippen LogP contribution in [0.2, 0.25) is 5.02 Å². The maximum Gasteiger partial charge on any atom is 0.319 e. The molecule has 2 heterocycles. The molecule has 10 heteroatoms. The number of urea groups is 1. The summed E-state index contributed by atoms with van der Waals surface area (Å²) in [6, 6.07) is 14.2. The maximum atomic E-state index is 13.1. The molecule has 9 nitrogen and oxygen atoms in total. The fraction of sp³-hybridized carbons (Fsp3) is 0.444. The predicted octanol–water partition coefficient (Wildman–Crippen LogP) is 3.97. The number of piperidine rings is 1. The van der Waals surface area contributed by atoms with Crippen LogP contribution >= 0.6 is 11.6 Å². The van der Waals surface area contributed by atoms with Gasteiger partial charge in [-0.25, -0.2) is 9.78 Å². The minimum Gasteiger partial charge on any atom is -0.385 e. The molecule has 0 radical (unpaired) electrons. The van der Waals surface area contributed by atoms with E-state index >= 15 is 0 Å². The molecule has 0 bridgehead atoms. The van der Waals surface area contributed by atoms with Gasteiger partial charge in [0, 0.05) is 69.0 Å². The molecular formula is C27H35ClN6O3. The summed E-state index contributed by atoms with van der Waals surface area (Å²) >= 11 is 5.95. The average Bonchev–Trinajstić information content (AvgIpc) is 3.26. The number of rotatable bonds is 10. The average molecular weight is 527 g/mol. The summed E-state index contributed by atoms with van der Waals surface area (Å²) in [7, 11) is 1.71. The van der Waals surface area contributed by atoms with E-state index in [1.807, 2.05) is 23.1 Å². The van der Waals surface area contributed by atoms with Crippen LogP contribution in [0, 0.1) is 0 Å². The number of nitrogens with zero attached hydrogens (tertiary/aromatic N) is 3. The molecule has 0 spiro atoms. The molecule has 198 valence electrons. The summed E-state index contributed by atoms with van der Waals surface area (Å²) in [6.45, 7) is 3.01. The number of aryl methyl sites for hydroxylation is 1. The normalized spacial score (nSPS) is 16.5. The van der Waals surface area contributed by atoms with Crippen LogP contribution in [-0.2, 0) is 16.1 Å². The van der Waals surface area contributed by atoms with E-state index in [1.54, 1.807) is 31.4 Å². The van der Waals surface area contributed by atoms with Gasteiger partial charge in [0.1, 0.15) is 5.82 Å². The highest BCUT2D eigenvalue weighted by atomic mass is 35.5. The van der Waals surface area contributed by atoms with E-state index in [1.165, 1.54) is 0 Å². The molecule has 4 rings (SSSR count). The molecular weight excluding hydrogens is 492 g/mol. The molecule has 1 saturated heterocycles. The second kappa shape index (κ2) is 12.9. The number of benzene rings is 2. The van der Waals surface area contributed by atoms with Crippen LogP contribution in [-0.4, -0.2) is 65.8 Å². The van der Waals surface area contributed by atoms with Gasteiger partial charge in [-0.1, -0.05) is 29.8 Å². The third-order valence-corrected chi connectivity index (χ3v) is 6.83. The lowest BCUT2D eigenvalue weighted by molar-refractivity contribution is -0.132. The molecule has 2 aromatic carbocycles. The van der Waals surface area contributed by atoms with Gasteiger partial charge < -0.3 is 30.6 Å². The van der Waals surface area contributed by atoms with Crippen molar-refractivity contribution in [2.24, 2.45) is 5.73 Å². The molecule has 1 aromatic heterocycles. The number of carbonyl (C=O) groups is 2. The monoisotopic (exact) mass is 526 g/mol. The lowest BCUT2D eigenvalue weighted by Gasteiger charge is -2.33. The van der Waals surface area contributed by atoms with Gasteiger partial charge in [0.25, 0.3) is 0 Å². The Morgan fingerprint density at radius 3 is 2.89 bits per heavy atom. The Balaban J connectivity index is 1.33. The topological polar surface area (TPSA) is 115 Å². The second-order valence-corrected chi connectivity index (χ2v) is 9.88. The van der Waals surface area contributed by atoms with Gasteiger partial charge in [-0.05, 0) is 49.6 Å². The lowest BCUT2D eigenvalue weighted by atomic mass is 9.96. The largest absolute Gasteiger partial charge is 0.385 e. The maximum absolute atomic E-state index is 13.1. The number of aromatic nitrogens is 2. The van der Waals surface area contributed by atoms with Gasteiger partial charge in [0.15, 0.2) is 0 Å². The zero-order chi connectivity index (χ0) is 26.2. The van der Waals surface area contributed by atoms with Crippen LogP contribution in [0.25, 0.3) is 11.0 Å². The predicted molar refractivity (Wildman–Crippen MR) is 146 cm³/mol. The summed E-state index contributed by atoms with van der Waals surface area (Å²) in [5, 5.41) is 5.97. The van der Waals surface area contributed by atoms with Crippen molar-refractivity contribution in [2.75, 3.05) is 38.7 Å². The number of likely N-dealkylation sites (tertiary alicyclic amines) is 1. The zero-order valence-electron chi connectivity index (χ0n) is 21.2. The van der Waals surface area contributed by atoms with Crippen LogP contribution < -0.4 is 16.4 Å². The van der Waals surface area contributed by atoms with E-state index in [4.69, 9.17) is 27.1 Å². The van der Waals surface area contributed by atoms with E-state index in [0.717, 1.165) is 42.7 Å². The number of nitrogens with one attached hydrogen (secondary N) is 2. The molecule has 0 unspecified atom stereocenters. The number of halogens is 1. The minimum atomic E-state index is -0.489. The third kappa shape index (κ3) is 7.21. The number of methoxy groups -OCH3 is 1. The van der Waals surface area contributed by atoms with Crippen molar-refractivity contribution in [1.29, 1.82) is 0 Å². The quantitative estimate of drug-likeness (QED) is 0.346. The Bertz CT molecular complexity index is 1220. The van der Waals surface area contributed by atoms with Crippen molar-refractivity contribution in [3.63, 3.8) is 0 Å². The van der Waals surface area contributed by atoms with E-state index in [9.17, 15) is 9.59 Å². The first-order valence-corrected chi connectivity index (χ1v) is 13.1. The first-order valence-electron chi connectivity index (χ1n) is 12.7. The molecule has 1 fully saturated rings. The van der Waals surface area contributed by atoms with Crippen molar-refractivity contribution in [3.8, 4) is 0 Å². The number of hydrogen-bond acceptors (Lipinski definition) is 5. The molecule has 0 aliphatic carbocycles. The first kappa shape index (κ1) is 26.9. The lowest BCUT2D eigenvalue weighted by Crippen LogP contribution is -2.45. The molecule has 1 aliphatic heterocycles. The molecule has 4 N–H and O–H groups in total. The van der Waals surface area contributed by atoms with Crippen molar-refractivity contribution in [2.45, 2.75) is 44.2 Å². The fourth-order valence-electron chi connectivity index (χ4n) is 4.81. The summed E-state index contributed by atoms with van der Waals surface area (Å²) in [6.07, 6.45) is 2.95. The van der Waals surface area contributed by atoms with Crippen LogP contribution in [0.1, 0.15) is 37.4 Å². The van der Waals surface area contributed by atoms with Gasteiger partial charge in [-0.3, -0.25) is 4.79 Å². The summed E-state index contributed by atoms with van der Waals surface area (Å²) in [5.74, 6) is 1.18. The van der Waals surface area contributed by atoms with Crippen LogP contribution in [0.3, 0.4) is 0 Å². The van der Waals surface area contributed by atoms with E-state index in [2.05, 4.69) is 21.3 Å². The number of amides is 3. The Morgan fingerprint density at radius 2 is 2.08 bits per heavy atom. The highest BCUT2D eigenvalue weighted by molar-refractivity contribution is 6.30. The molecule has 37 heavy (non-hydrogen) atoms. The molecule has 3 amide bonds. The molecule has 3 aromatic rings. The molecule has 0 saturated carbocycles. The number of fused-ring (bicyclic) bond motifs is 1. The number of imidazole rings is 1. The number of ether oxygens (including phenoxy) is 1. The van der Waals surface area contributed by atoms with Gasteiger partial charge in [0.2, 0.25) is 5.91 Å². The highest BCUT2D eigenvalue weighted by Gasteiger charge is 2.29. The molecule has 1 aliphatic rings. The van der Waals surface area contributed by atoms with Crippen molar-refractivity contribution in [3.05, 3.63) is 59.4 Å². The van der Waals surface area contributed by atoms with Crippen molar-refractivity contribution >= 4 is 40.3 Å². The SMILES string of the molecule is COCCCn1c([C@@H]2CCCN(C(=O)C[C@H](N)CNC(=O)Nc3cccc(Cl)c3)C2)nc2ccccc21. The number of para-hydroxylation sites is 2. The Kier molecular flexibility index (Phi) is 9.38. The van der Waals surface area contributed by atoms with Gasteiger partial charge in [-0.2, -0.15) is 0 Å². The smallest absolute Gasteiger partial charge is 0.319 e. The molecule has 2 atom stereocenters. The first-order chi connectivity index (χ1) is 17.9. The zero-order valence-corrected chi connectivity index (χ0v) is 21.9. The van der Waals surface area contributed by atoms with Gasteiger partial charge in [-0.15, -0.1) is 0 Å². The summed E-state index contributed by atoms with van der Waals surface area (Å²) in [4.78, 5) is 32.1. The summed E-state index contributed by atoms with van der Waals surface area (Å²) < 4.78 is 7.54. The highest BCUT2D eigenvalue weighted by Crippen LogP contribution is 2.30. The van der Waals surface area contributed by atoms with Crippen LogP contribution in [0.15, 0.2) is 48.5 Å². The Labute approximate surface area is 222 Å². The van der Waals surface area contributed by atoms with Crippen molar-refractivity contribution in [1.82, 2.24) is 19.8 Å². The minimum absolute atomic E-state index is 0.00343. The second-order valence-electron chi connectivity index (χ2n) is 9.45. The standard InChI is InChI=1S/C27H35ClN6O3/c1-37-14-6-13-34-24-11-3-2-10-23(24)32-26(34)19-7-5-12-33(18-19)25(35)16-21(29)17-30-27(36)31-22-9-4-8-20(28)15-22/h2-4,8-11,15,19,21H,5-7,12-14,16-18,29H2,1H3,(H2,30,31,36)/t19-,21+/m1/s1.